The predicted molar refractivity (Wildman–Crippen MR) is 83.4 cm³/mol. The van der Waals surface area contributed by atoms with Crippen molar-refractivity contribution in [1.29, 1.82) is 0 Å². The number of rotatable bonds is 5. The molecule has 2 heterocycles. The van der Waals surface area contributed by atoms with E-state index in [2.05, 4.69) is 4.98 Å². The van der Waals surface area contributed by atoms with Gasteiger partial charge in [-0.2, -0.15) is 0 Å². The molecule has 0 aliphatic rings. The topological polar surface area (TPSA) is 88.3 Å². The van der Waals surface area contributed by atoms with Crippen LogP contribution in [0.25, 0.3) is 10.9 Å². The zero-order valence-electron chi connectivity index (χ0n) is 11.3. The number of H-pyrrole nitrogens is 1. The Morgan fingerprint density at radius 1 is 1.23 bits per heavy atom. The number of carbonyl (C=O) groups excluding carboxylic acids is 1. The van der Waals surface area contributed by atoms with Crippen molar-refractivity contribution in [2.45, 2.75) is 4.21 Å². The Hall–Kier alpha value is -2.32. The van der Waals surface area contributed by atoms with Crippen LogP contribution in [0.2, 0.25) is 0 Å². The van der Waals surface area contributed by atoms with Crippen molar-refractivity contribution in [2.75, 3.05) is 6.61 Å². The first-order valence-corrected chi connectivity index (χ1v) is 8.70. The monoisotopic (exact) mass is 336 g/mol. The summed E-state index contributed by atoms with van der Waals surface area (Å²) in [5.74, 6) is -0.205. The van der Waals surface area contributed by atoms with Crippen LogP contribution in [0.5, 0.6) is 5.75 Å². The van der Waals surface area contributed by atoms with E-state index in [1.807, 2.05) is 16.9 Å². The standard InChI is InChI=1S/C14H12N2O4S2/c17-13(16-22(18,19)14-5-2-8-21-14)9-20-12-4-1-3-11-10(12)6-7-15-11/h1-8,15H,9H2,(H,16,17). The van der Waals surface area contributed by atoms with Gasteiger partial charge in [0.1, 0.15) is 9.96 Å². The van der Waals surface area contributed by atoms with Crippen molar-refractivity contribution >= 4 is 38.2 Å². The van der Waals surface area contributed by atoms with Crippen LogP contribution >= 0.6 is 11.3 Å². The Kier molecular flexibility index (Phi) is 3.86. The number of hydrogen-bond donors (Lipinski definition) is 2. The molecule has 1 aromatic carbocycles. The number of amides is 1. The van der Waals surface area contributed by atoms with Gasteiger partial charge in [0.2, 0.25) is 0 Å². The van der Waals surface area contributed by atoms with Gasteiger partial charge in [-0.25, -0.2) is 13.1 Å². The molecule has 114 valence electrons. The van der Waals surface area contributed by atoms with E-state index < -0.39 is 15.9 Å². The van der Waals surface area contributed by atoms with Crippen molar-refractivity contribution in [3.8, 4) is 5.75 Å². The van der Waals surface area contributed by atoms with Gasteiger partial charge in [-0.15, -0.1) is 11.3 Å². The first kappa shape index (κ1) is 14.6. The molecule has 0 saturated carbocycles. The molecule has 0 saturated heterocycles. The Morgan fingerprint density at radius 2 is 2.09 bits per heavy atom. The van der Waals surface area contributed by atoms with E-state index in [4.69, 9.17) is 4.74 Å². The fraction of sp³-hybridized carbons (Fsp3) is 0.0714. The number of ether oxygens (including phenoxy) is 1. The molecular weight excluding hydrogens is 324 g/mol. The van der Waals surface area contributed by atoms with Gasteiger partial charge >= 0.3 is 0 Å². The van der Waals surface area contributed by atoms with E-state index in [1.54, 1.807) is 29.8 Å². The predicted octanol–water partition coefficient (Wildman–Crippen LogP) is 2.11. The van der Waals surface area contributed by atoms with Gasteiger partial charge in [0.15, 0.2) is 6.61 Å². The van der Waals surface area contributed by atoms with Gasteiger partial charge in [0.25, 0.3) is 15.9 Å². The summed E-state index contributed by atoms with van der Waals surface area (Å²) in [6.45, 7) is -0.380. The molecule has 3 rings (SSSR count). The average molecular weight is 336 g/mol. The minimum atomic E-state index is -3.82. The summed E-state index contributed by atoms with van der Waals surface area (Å²) in [7, 11) is -3.82. The number of sulfonamides is 1. The molecule has 8 heteroatoms. The van der Waals surface area contributed by atoms with E-state index in [1.165, 1.54) is 6.07 Å². The summed E-state index contributed by atoms with van der Waals surface area (Å²) >= 11 is 1.04. The first-order chi connectivity index (χ1) is 10.6. The maximum absolute atomic E-state index is 11.9. The normalized spacial score (nSPS) is 11.5. The average Bonchev–Trinajstić information content (AvgIpc) is 3.15. The molecule has 0 radical (unpaired) electrons. The minimum Gasteiger partial charge on any atom is -0.483 e. The van der Waals surface area contributed by atoms with Crippen LogP contribution in [0.3, 0.4) is 0 Å². The number of fused-ring (bicyclic) bond motifs is 1. The zero-order valence-corrected chi connectivity index (χ0v) is 12.9. The fourth-order valence-electron chi connectivity index (χ4n) is 1.97. The van der Waals surface area contributed by atoms with Crippen molar-refractivity contribution in [1.82, 2.24) is 9.71 Å². The molecule has 0 unspecified atom stereocenters. The summed E-state index contributed by atoms with van der Waals surface area (Å²) in [6.07, 6.45) is 1.76. The Morgan fingerprint density at radius 3 is 2.86 bits per heavy atom. The molecule has 1 amide bonds. The molecule has 0 aliphatic heterocycles. The molecule has 0 aliphatic carbocycles. The third kappa shape index (κ3) is 2.97. The molecule has 0 bridgehead atoms. The van der Waals surface area contributed by atoms with E-state index >= 15 is 0 Å². The SMILES string of the molecule is O=C(COc1cccc2[nH]ccc12)NS(=O)(=O)c1cccs1. The maximum atomic E-state index is 11.9. The highest BCUT2D eigenvalue weighted by Crippen LogP contribution is 2.24. The highest BCUT2D eigenvalue weighted by atomic mass is 32.2. The van der Waals surface area contributed by atoms with E-state index in [0.717, 1.165) is 22.2 Å². The summed E-state index contributed by atoms with van der Waals surface area (Å²) in [4.78, 5) is 14.8. The fourth-order valence-corrected chi connectivity index (χ4v) is 3.94. The van der Waals surface area contributed by atoms with E-state index in [0.29, 0.717) is 5.75 Å². The second-order valence-corrected chi connectivity index (χ2v) is 7.30. The number of aromatic amines is 1. The van der Waals surface area contributed by atoms with Gasteiger partial charge in [-0.1, -0.05) is 12.1 Å². The van der Waals surface area contributed by atoms with Gasteiger partial charge < -0.3 is 9.72 Å². The van der Waals surface area contributed by atoms with Crippen LogP contribution in [0.1, 0.15) is 0 Å². The van der Waals surface area contributed by atoms with Crippen LogP contribution < -0.4 is 9.46 Å². The molecule has 2 aromatic heterocycles. The molecule has 22 heavy (non-hydrogen) atoms. The number of hydrogen-bond acceptors (Lipinski definition) is 5. The number of benzene rings is 1. The van der Waals surface area contributed by atoms with Crippen molar-refractivity contribution < 1.29 is 17.9 Å². The molecule has 0 spiro atoms. The number of carbonyl (C=O) groups is 1. The maximum Gasteiger partial charge on any atom is 0.273 e. The Labute approximate surface area is 130 Å². The largest absolute Gasteiger partial charge is 0.483 e. The van der Waals surface area contributed by atoms with Gasteiger partial charge in [-0.05, 0) is 29.6 Å². The van der Waals surface area contributed by atoms with Gasteiger partial charge in [-0.3, -0.25) is 4.79 Å². The van der Waals surface area contributed by atoms with Crippen LogP contribution in [0.4, 0.5) is 0 Å². The molecule has 6 nitrogen and oxygen atoms in total. The number of nitrogens with one attached hydrogen (secondary N) is 2. The highest BCUT2D eigenvalue weighted by Gasteiger charge is 2.19. The van der Waals surface area contributed by atoms with E-state index in [-0.39, 0.29) is 10.8 Å². The quantitative estimate of drug-likeness (QED) is 0.747. The summed E-state index contributed by atoms with van der Waals surface area (Å²) in [5, 5.41) is 2.46. The van der Waals surface area contributed by atoms with Gasteiger partial charge in [0.05, 0.1) is 0 Å². The highest BCUT2D eigenvalue weighted by molar-refractivity contribution is 7.92. The molecule has 2 N–H and O–H groups in total. The molecular formula is C14H12N2O4S2. The lowest BCUT2D eigenvalue weighted by atomic mass is 10.2. The lowest BCUT2D eigenvalue weighted by Gasteiger charge is -2.08. The van der Waals surface area contributed by atoms with Crippen LogP contribution in [0, 0.1) is 0 Å². The van der Waals surface area contributed by atoms with E-state index in [9.17, 15) is 13.2 Å². The van der Waals surface area contributed by atoms with Gasteiger partial charge in [0, 0.05) is 17.1 Å². The second-order valence-electron chi connectivity index (χ2n) is 4.44. The lowest BCUT2D eigenvalue weighted by molar-refractivity contribution is -0.121. The third-order valence-corrected chi connectivity index (χ3v) is 5.69. The van der Waals surface area contributed by atoms with Crippen LogP contribution in [-0.2, 0) is 14.8 Å². The lowest BCUT2D eigenvalue weighted by Crippen LogP contribution is -2.34. The minimum absolute atomic E-state index is 0.0913. The Balaban J connectivity index is 1.67. The molecule has 3 aromatic rings. The smallest absolute Gasteiger partial charge is 0.273 e. The molecule has 0 atom stereocenters. The number of aromatic nitrogens is 1. The summed E-state index contributed by atoms with van der Waals surface area (Å²) in [5.41, 5.74) is 0.879. The first-order valence-electron chi connectivity index (χ1n) is 6.34. The van der Waals surface area contributed by atoms with Crippen LogP contribution in [0.15, 0.2) is 52.2 Å². The van der Waals surface area contributed by atoms with Crippen molar-refractivity contribution in [2.24, 2.45) is 0 Å². The summed E-state index contributed by atoms with van der Waals surface area (Å²) < 4.78 is 31.3. The van der Waals surface area contributed by atoms with Crippen molar-refractivity contribution in [3.63, 3.8) is 0 Å². The Bertz CT molecular complexity index is 898. The molecule has 0 fully saturated rings. The summed E-state index contributed by atoms with van der Waals surface area (Å²) in [6, 6.07) is 10.2. The third-order valence-electron chi connectivity index (χ3n) is 2.92. The van der Waals surface area contributed by atoms with Crippen LogP contribution in [-0.4, -0.2) is 25.9 Å². The number of thiophene rings is 1. The second kappa shape index (κ2) is 5.82. The zero-order chi connectivity index (χ0) is 15.6. The van der Waals surface area contributed by atoms with Crippen molar-refractivity contribution in [3.05, 3.63) is 48.0 Å².